The van der Waals surface area contributed by atoms with Crippen molar-refractivity contribution in [1.29, 1.82) is 0 Å². The fourth-order valence-corrected chi connectivity index (χ4v) is 5.04. The minimum Gasteiger partial charge on any atom is -0.355 e. The first kappa shape index (κ1) is 18.0. The molecule has 0 spiro atoms. The van der Waals surface area contributed by atoms with Crippen LogP contribution in [0.2, 0.25) is 0 Å². The second-order valence-electron chi connectivity index (χ2n) is 8.79. The predicted molar refractivity (Wildman–Crippen MR) is 124 cm³/mol. The molecular weight excluding hydrogens is 350 g/mol. The quantitative estimate of drug-likeness (QED) is 0.492. The zero-order chi connectivity index (χ0) is 20.0. The van der Waals surface area contributed by atoms with Crippen LogP contribution in [-0.2, 0) is 5.41 Å². The van der Waals surface area contributed by atoms with Crippen molar-refractivity contribution in [2.75, 3.05) is 5.32 Å². The highest BCUT2D eigenvalue weighted by Gasteiger charge is 2.40. The van der Waals surface area contributed by atoms with Gasteiger partial charge in [-0.05, 0) is 63.9 Å². The first-order valence-corrected chi connectivity index (χ1v) is 10.5. The van der Waals surface area contributed by atoms with Gasteiger partial charge >= 0.3 is 0 Å². The van der Waals surface area contributed by atoms with Gasteiger partial charge < -0.3 is 5.32 Å². The highest BCUT2D eigenvalue weighted by atomic mass is 14.9. The second kappa shape index (κ2) is 6.77. The molecule has 1 unspecified atom stereocenters. The minimum absolute atomic E-state index is 0.0173. The van der Waals surface area contributed by atoms with Gasteiger partial charge in [-0.15, -0.1) is 0 Å². The average molecular weight is 378 g/mol. The van der Waals surface area contributed by atoms with Gasteiger partial charge in [0.2, 0.25) is 0 Å². The lowest BCUT2D eigenvalue weighted by Gasteiger charge is -2.27. The lowest BCUT2D eigenvalue weighted by atomic mass is 9.78. The Bertz CT molecular complexity index is 1110. The van der Waals surface area contributed by atoms with Crippen LogP contribution in [0.15, 0.2) is 90.5 Å². The molecule has 3 aromatic carbocycles. The Kier molecular flexibility index (Phi) is 4.20. The number of hydrogen-bond donors (Lipinski definition) is 1. The van der Waals surface area contributed by atoms with E-state index in [1.165, 1.54) is 39.1 Å². The third-order valence-corrected chi connectivity index (χ3v) is 6.48. The van der Waals surface area contributed by atoms with Crippen molar-refractivity contribution in [3.8, 4) is 11.1 Å². The fraction of sp³-hybridized carbons (Fsp3) is 0.214. The number of allylic oxidation sites excluding steroid dienone is 4. The maximum absolute atomic E-state index is 3.71. The summed E-state index contributed by atoms with van der Waals surface area (Å²) in [5, 5.41) is 3.71. The molecular formula is C28H27N. The Labute approximate surface area is 173 Å². The minimum atomic E-state index is 0.0173. The van der Waals surface area contributed by atoms with Crippen LogP contribution in [0.1, 0.15) is 38.3 Å². The van der Waals surface area contributed by atoms with E-state index >= 15 is 0 Å². The summed E-state index contributed by atoms with van der Waals surface area (Å²) in [6, 6.07) is 26.0. The van der Waals surface area contributed by atoms with Crippen LogP contribution in [0, 0.1) is 5.92 Å². The Hall–Kier alpha value is -3.06. The summed E-state index contributed by atoms with van der Waals surface area (Å²) >= 11 is 0. The molecule has 0 heterocycles. The molecule has 0 bridgehead atoms. The fourth-order valence-electron chi connectivity index (χ4n) is 5.04. The molecule has 3 aromatic rings. The van der Waals surface area contributed by atoms with Gasteiger partial charge in [0.05, 0.1) is 0 Å². The summed E-state index contributed by atoms with van der Waals surface area (Å²) in [5.41, 5.74) is 10.7. The van der Waals surface area contributed by atoms with Gasteiger partial charge in [0.15, 0.2) is 0 Å². The van der Waals surface area contributed by atoms with E-state index in [0.717, 1.165) is 12.1 Å². The van der Waals surface area contributed by atoms with Crippen molar-refractivity contribution >= 4 is 16.9 Å². The lowest BCUT2D eigenvalue weighted by Crippen LogP contribution is -2.18. The largest absolute Gasteiger partial charge is 0.355 e. The molecule has 0 fully saturated rings. The molecule has 0 radical (unpaired) electrons. The van der Waals surface area contributed by atoms with Crippen LogP contribution in [-0.4, -0.2) is 0 Å². The van der Waals surface area contributed by atoms with Crippen LogP contribution in [0.5, 0.6) is 0 Å². The summed E-state index contributed by atoms with van der Waals surface area (Å²) in [4.78, 5) is 0. The van der Waals surface area contributed by atoms with Gasteiger partial charge in [-0.2, -0.15) is 0 Å². The second-order valence-corrected chi connectivity index (χ2v) is 8.79. The molecule has 1 N–H and O–H groups in total. The number of benzene rings is 3. The van der Waals surface area contributed by atoms with E-state index in [-0.39, 0.29) is 5.41 Å². The normalized spacial score (nSPS) is 19.1. The SMILES string of the molecule is CC1CC=CC2=C1c1cccc(Nc3ccc(-c4ccccc4)cc3)c1C2(C)C. The molecule has 29 heavy (non-hydrogen) atoms. The smallest absolute Gasteiger partial charge is 0.0431 e. The molecule has 2 aliphatic carbocycles. The third kappa shape index (κ3) is 2.93. The molecule has 144 valence electrons. The molecule has 5 rings (SSSR count). The first-order valence-electron chi connectivity index (χ1n) is 10.5. The maximum Gasteiger partial charge on any atom is 0.0431 e. The average Bonchev–Trinajstić information content (AvgIpc) is 2.98. The molecule has 0 aliphatic heterocycles. The molecule has 1 atom stereocenters. The van der Waals surface area contributed by atoms with E-state index in [1.807, 2.05) is 0 Å². The summed E-state index contributed by atoms with van der Waals surface area (Å²) in [6.07, 6.45) is 5.83. The van der Waals surface area contributed by atoms with Crippen molar-refractivity contribution in [2.45, 2.75) is 32.6 Å². The molecule has 0 amide bonds. The number of fused-ring (bicyclic) bond motifs is 2. The van der Waals surface area contributed by atoms with Crippen LogP contribution < -0.4 is 5.32 Å². The molecule has 0 aromatic heterocycles. The summed E-state index contributed by atoms with van der Waals surface area (Å²) < 4.78 is 0. The van der Waals surface area contributed by atoms with E-state index in [0.29, 0.717) is 5.92 Å². The Balaban J connectivity index is 1.50. The highest BCUT2D eigenvalue weighted by molar-refractivity contribution is 5.88. The Morgan fingerprint density at radius 1 is 0.828 bits per heavy atom. The maximum atomic E-state index is 3.71. The van der Waals surface area contributed by atoms with Crippen molar-refractivity contribution in [3.05, 3.63) is 102 Å². The topological polar surface area (TPSA) is 12.0 Å². The summed E-state index contributed by atoms with van der Waals surface area (Å²) in [6.45, 7) is 7.08. The van der Waals surface area contributed by atoms with Crippen molar-refractivity contribution < 1.29 is 0 Å². The van der Waals surface area contributed by atoms with Crippen molar-refractivity contribution in [1.82, 2.24) is 0 Å². The summed E-state index contributed by atoms with van der Waals surface area (Å²) in [7, 11) is 0. The molecule has 1 nitrogen and oxygen atoms in total. The number of rotatable bonds is 3. The van der Waals surface area contributed by atoms with Gasteiger partial charge in [-0.1, -0.05) is 87.5 Å². The highest BCUT2D eigenvalue weighted by Crippen LogP contribution is 2.54. The summed E-state index contributed by atoms with van der Waals surface area (Å²) in [5.74, 6) is 0.580. The van der Waals surface area contributed by atoms with E-state index in [9.17, 15) is 0 Å². The van der Waals surface area contributed by atoms with E-state index in [2.05, 4.69) is 111 Å². The van der Waals surface area contributed by atoms with Gasteiger partial charge in [0.1, 0.15) is 0 Å². The van der Waals surface area contributed by atoms with E-state index < -0.39 is 0 Å². The zero-order valence-electron chi connectivity index (χ0n) is 17.4. The van der Waals surface area contributed by atoms with Crippen LogP contribution in [0.25, 0.3) is 16.7 Å². The van der Waals surface area contributed by atoms with Crippen LogP contribution in [0.3, 0.4) is 0 Å². The monoisotopic (exact) mass is 377 g/mol. The number of hydrogen-bond acceptors (Lipinski definition) is 1. The lowest BCUT2D eigenvalue weighted by molar-refractivity contribution is 0.645. The number of anilines is 2. The number of nitrogens with one attached hydrogen (secondary N) is 1. The van der Waals surface area contributed by atoms with Gasteiger partial charge in [-0.3, -0.25) is 0 Å². The van der Waals surface area contributed by atoms with Gasteiger partial charge in [0.25, 0.3) is 0 Å². The molecule has 0 saturated heterocycles. The third-order valence-electron chi connectivity index (χ3n) is 6.48. The molecule has 1 heteroatoms. The van der Waals surface area contributed by atoms with Gasteiger partial charge in [-0.25, -0.2) is 0 Å². The Morgan fingerprint density at radius 2 is 1.55 bits per heavy atom. The van der Waals surface area contributed by atoms with Crippen molar-refractivity contribution in [2.24, 2.45) is 5.92 Å². The van der Waals surface area contributed by atoms with Crippen molar-refractivity contribution in [3.63, 3.8) is 0 Å². The van der Waals surface area contributed by atoms with E-state index in [1.54, 1.807) is 0 Å². The zero-order valence-corrected chi connectivity index (χ0v) is 17.4. The predicted octanol–water partition coefficient (Wildman–Crippen LogP) is 7.74. The first-order chi connectivity index (χ1) is 14.1. The standard InChI is InChI=1S/C28H27N/c1-19-9-7-13-24-26(19)23-12-8-14-25(27(23)28(24,2)3)29-22-17-15-21(16-18-22)20-10-5-4-6-11-20/h4-8,10-19,29H,9H2,1-3H3. The molecule has 0 saturated carbocycles. The van der Waals surface area contributed by atoms with Crippen LogP contribution >= 0.6 is 0 Å². The molecule has 2 aliphatic rings. The van der Waals surface area contributed by atoms with E-state index in [4.69, 9.17) is 0 Å². The van der Waals surface area contributed by atoms with Gasteiger partial charge in [0, 0.05) is 16.8 Å². The van der Waals surface area contributed by atoms with Crippen LogP contribution in [0.4, 0.5) is 11.4 Å². The Morgan fingerprint density at radius 3 is 2.31 bits per heavy atom.